The molecule has 1 heterocycles. The van der Waals surface area contributed by atoms with Crippen LogP contribution in [-0.2, 0) is 10.0 Å². The molecule has 1 aromatic rings. The average molecular weight is 255 g/mol. The topological polar surface area (TPSA) is 52.6 Å². The summed E-state index contributed by atoms with van der Waals surface area (Å²) < 4.78 is 26.1. The Hall–Kier alpha value is -0.950. The van der Waals surface area contributed by atoms with Gasteiger partial charge in [-0.2, -0.15) is 4.31 Å². The number of nitrogens with zero attached hydrogens (tertiary/aromatic N) is 2. The highest BCUT2D eigenvalue weighted by atomic mass is 32.2. The van der Waals surface area contributed by atoms with Crippen LogP contribution in [0.1, 0.15) is 0 Å². The van der Waals surface area contributed by atoms with Crippen LogP contribution in [-0.4, -0.2) is 51.0 Å². The number of nitrogens with one attached hydrogen (secondary N) is 1. The highest BCUT2D eigenvalue weighted by molar-refractivity contribution is 7.89. The Morgan fingerprint density at radius 2 is 1.65 bits per heavy atom. The fourth-order valence-electron chi connectivity index (χ4n) is 1.89. The van der Waals surface area contributed by atoms with E-state index in [-0.39, 0.29) is 0 Å². The molecule has 1 aliphatic heterocycles. The van der Waals surface area contributed by atoms with Gasteiger partial charge in [0.05, 0.1) is 4.90 Å². The highest BCUT2D eigenvalue weighted by Crippen LogP contribution is 2.16. The molecule has 1 aromatic carbocycles. The van der Waals surface area contributed by atoms with E-state index in [0.29, 0.717) is 31.1 Å². The van der Waals surface area contributed by atoms with Crippen molar-refractivity contribution in [3.05, 3.63) is 30.3 Å². The molecular formula is C11H17N3O2S. The first-order valence-electron chi connectivity index (χ1n) is 5.62. The average Bonchev–Trinajstić information content (AvgIpc) is 2.40. The molecule has 0 spiro atoms. The SMILES string of the molecule is CNN1CCN(S(=O)(=O)c2ccccc2)CC1. The molecule has 0 aromatic heterocycles. The second-order valence-corrected chi connectivity index (χ2v) is 5.87. The van der Waals surface area contributed by atoms with Crippen molar-refractivity contribution < 1.29 is 8.42 Å². The van der Waals surface area contributed by atoms with Gasteiger partial charge < -0.3 is 0 Å². The lowest BCUT2D eigenvalue weighted by Crippen LogP contribution is -2.52. The van der Waals surface area contributed by atoms with E-state index < -0.39 is 10.0 Å². The van der Waals surface area contributed by atoms with Gasteiger partial charge in [0.2, 0.25) is 10.0 Å². The number of benzene rings is 1. The van der Waals surface area contributed by atoms with Crippen molar-refractivity contribution in [1.82, 2.24) is 14.7 Å². The zero-order valence-electron chi connectivity index (χ0n) is 9.83. The molecule has 0 aliphatic carbocycles. The lowest BCUT2D eigenvalue weighted by atomic mass is 10.4. The summed E-state index contributed by atoms with van der Waals surface area (Å²) in [4.78, 5) is 0.373. The van der Waals surface area contributed by atoms with Gasteiger partial charge in [-0.15, -0.1) is 0 Å². The van der Waals surface area contributed by atoms with E-state index in [1.807, 2.05) is 18.1 Å². The van der Waals surface area contributed by atoms with E-state index >= 15 is 0 Å². The molecule has 1 N–H and O–H groups in total. The van der Waals surface area contributed by atoms with Gasteiger partial charge in [-0.25, -0.2) is 13.4 Å². The lowest BCUT2D eigenvalue weighted by molar-refractivity contribution is 0.142. The summed E-state index contributed by atoms with van der Waals surface area (Å²) in [5.74, 6) is 0. The summed E-state index contributed by atoms with van der Waals surface area (Å²) in [6.45, 7) is 2.47. The molecule has 0 unspecified atom stereocenters. The first kappa shape index (κ1) is 12.5. The van der Waals surface area contributed by atoms with Crippen LogP contribution in [0.25, 0.3) is 0 Å². The molecule has 0 bridgehead atoms. The van der Waals surface area contributed by atoms with E-state index in [2.05, 4.69) is 5.43 Å². The van der Waals surface area contributed by atoms with Gasteiger partial charge in [-0.3, -0.25) is 5.43 Å². The fraction of sp³-hybridized carbons (Fsp3) is 0.455. The molecule has 0 saturated carbocycles. The van der Waals surface area contributed by atoms with Gasteiger partial charge in [0.15, 0.2) is 0 Å². The lowest BCUT2D eigenvalue weighted by Gasteiger charge is -2.33. The Morgan fingerprint density at radius 1 is 1.06 bits per heavy atom. The summed E-state index contributed by atoms with van der Waals surface area (Å²) in [6, 6.07) is 8.59. The molecule has 5 nitrogen and oxygen atoms in total. The highest BCUT2D eigenvalue weighted by Gasteiger charge is 2.27. The predicted octanol–water partition coefficient (Wildman–Crippen LogP) is 0.127. The van der Waals surface area contributed by atoms with Crippen LogP contribution in [0.2, 0.25) is 0 Å². The molecule has 0 amide bonds. The van der Waals surface area contributed by atoms with Crippen LogP contribution in [0.5, 0.6) is 0 Å². The minimum absolute atomic E-state index is 0.373. The largest absolute Gasteiger partial charge is 0.258 e. The van der Waals surface area contributed by atoms with Gasteiger partial charge in [-0.1, -0.05) is 18.2 Å². The van der Waals surface area contributed by atoms with E-state index in [1.165, 1.54) is 4.31 Å². The first-order valence-corrected chi connectivity index (χ1v) is 7.06. The van der Waals surface area contributed by atoms with E-state index in [0.717, 1.165) is 0 Å². The van der Waals surface area contributed by atoms with E-state index in [1.54, 1.807) is 24.3 Å². The summed E-state index contributed by atoms with van der Waals surface area (Å²) in [6.07, 6.45) is 0. The van der Waals surface area contributed by atoms with Crippen LogP contribution >= 0.6 is 0 Å². The molecule has 1 saturated heterocycles. The molecule has 17 heavy (non-hydrogen) atoms. The summed E-state index contributed by atoms with van der Waals surface area (Å²) in [5.41, 5.74) is 3.03. The Balaban J connectivity index is 2.13. The first-order chi connectivity index (χ1) is 8.14. The normalized spacial score (nSPS) is 19.4. The quantitative estimate of drug-likeness (QED) is 0.834. The van der Waals surface area contributed by atoms with Gasteiger partial charge in [0, 0.05) is 26.2 Å². The summed E-state index contributed by atoms with van der Waals surface area (Å²) in [7, 11) is -1.47. The van der Waals surface area contributed by atoms with Crippen LogP contribution in [0.15, 0.2) is 35.2 Å². The number of piperazine rings is 1. The minimum atomic E-state index is -3.31. The molecule has 0 atom stereocenters. The molecule has 0 radical (unpaired) electrons. The van der Waals surface area contributed by atoms with Crippen LogP contribution in [0.3, 0.4) is 0 Å². The monoisotopic (exact) mass is 255 g/mol. The molecule has 1 fully saturated rings. The van der Waals surface area contributed by atoms with Crippen molar-refractivity contribution in [3.8, 4) is 0 Å². The molecule has 1 aliphatic rings. The molecule has 2 rings (SSSR count). The maximum atomic E-state index is 12.3. The Kier molecular flexibility index (Phi) is 3.78. The standard InChI is InChI=1S/C11H17N3O2S/c1-12-13-7-9-14(10-8-13)17(15,16)11-5-3-2-4-6-11/h2-6,12H,7-10H2,1H3. The number of hydrogen-bond acceptors (Lipinski definition) is 4. The van der Waals surface area contributed by atoms with Crippen molar-refractivity contribution in [2.24, 2.45) is 0 Å². The van der Waals surface area contributed by atoms with Crippen molar-refractivity contribution >= 4 is 10.0 Å². The number of hydrogen-bond donors (Lipinski definition) is 1. The Morgan fingerprint density at radius 3 is 2.18 bits per heavy atom. The Labute approximate surface area is 102 Å². The van der Waals surface area contributed by atoms with Crippen molar-refractivity contribution in [2.45, 2.75) is 4.90 Å². The zero-order valence-corrected chi connectivity index (χ0v) is 10.7. The van der Waals surface area contributed by atoms with Gasteiger partial charge in [0.1, 0.15) is 0 Å². The van der Waals surface area contributed by atoms with Crippen molar-refractivity contribution in [3.63, 3.8) is 0 Å². The summed E-state index contributed by atoms with van der Waals surface area (Å²) in [5, 5.41) is 2.01. The zero-order chi connectivity index (χ0) is 12.3. The third-order valence-electron chi connectivity index (χ3n) is 2.94. The molecule has 6 heteroatoms. The van der Waals surface area contributed by atoms with Gasteiger partial charge >= 0.3 is 0 Å². The molecule has 94 valence electrons. The predicted molar refractivity (Wildman–Crippen MR) is 65.8 cm³/mol. The minimum Gasteiger partial charge on any atom is -0.258 e. The van der Waals surface area contributed by atoms with Crippen LogP contribution in [0, 0.1) is 0 Å². The van der Waals surface area contributed by atoms with Gasteiger partial charge in [-0.05, 0) is 19.2 Å². The van der Waals surface area contributed by atoms with Crippen LogP contribution in [0.4, 0.5) is 0 Å². The van der Waals surface area contributed by atoms with Gasteiger partial charge in [0.25, 0.3) is 0 Å². The van der Waals surface area contributed by atoms with Crippen LogP contribution < -0.4 is 5.43 Å². The molecular weight excluding hydrogens is 238 g/mol. The fourth-order valence-corrected chi connectivity index (χ4v) is 3.34. The van der Waals surface area contributed by atoms with E-state index in [9.17, 15) is 8.42 Å². The Bertz CT molecular complexity index is 453. The third kappa shape index (κ3) is 2.66. The third-order valence-corrected chi connectivity index (χ3v) is 4.85. The van der Waals surface area contributed by atoms with Crippen molar-refractivity contribution in [2.75, 3.05) is 33.2 Å². The maximum absolute atomic E-state index is 12.3. The number of sulfonamides is 1. The second-order valence-electron chi connectivity index (χ2n) is 3.93. The maximum Gasteiger partial charge on any atom is 0.243 e. The number of rotatable bonds is 3. The summed E-state index contributed by atoms with van der Waals surface area (Å²) >= 11 is 0. The van der Waals surface area contributed by atoms with E-state index in [4.69, 9.17) is 0 Å². The smallest absolute Gasteiger partial charge is 0.243 e. The second kappa shape index (κ2) is 5.14. The number of hydrazine groups is 1. The van der Waals surface area contributed by atoms with Crippen molar-refractivity contribution in [1.29, 1.82) is 0 Å².